The van der Waals surface area contributed by atoms with Crippen molar-refractivity contribution in [3.63, 3.8) is 0 Å². The van der Waals surface area contributed by atoms with Gasteiger partial charge in [0.1, 0.15) is 4.90 Å². The Balaban J connectivity index is 2.20. The first-order chi connectivity index (χ1) is 14.0. The molecule has 0 spiro atoms. The van der Waals surface area contributed by atoms with Gasteiger partial charge in [-0.3, -0.25) is 8.98 Å². The number of rotatable bonds is 17. The van der Waals surface area contributed by atoms with Gasteiger partial charge < -0.3 is 5.32 Å². The number of nitrogens with one attached hydrogen (secondary N) is 1. The van der Waals surface area contributed by atoms with Crippen molar-refractivity contribution < 1.29 is 17.4 Å². The van der Waals surface area contributed by atoms with E-state index in [0.29, 0.717) is 6.42 Å². The lowest BCUT2D eigenvalue weighted by molar-refractivity contribution is -0.111. The zero-order chi connectivity index (χ0) is 21.4. The average Bonchev–Trinajstić information content (AvgIpc) is 2.71. The van der Waals surface area contributed by atoms with Gasteiger partial charge in [-0.2, -0.15) is 8.42 Å². The molecule has 0 aromatic heterocycles. The van der Waals surface area contributed by atoms with Gasteiger partial charge in [0.2, 0.25) is 5.91 Å². The standard InChI is InChI=1S/C23H37NO4S/c1-3-5-6-7-8-9-10-11-12-13-14-17-20-28-29(26,27)22-19-16-15-18-21(22)24-23(25)4-2/h4,15-16,18-19H,2-3,5-14,17,20H2,1H3,(H,24,25). The van der Waals surface area contributed by atoms with Crippen LogP contribution in [0.4, 0.5) is 5.69 Å². The third kappa shape index (κ3) is 11.2. The number of hydrogen-bond acceptors (Lipinski definition) is 4. The molecule has 0 heterocycles. The van der Waals surface area contributed by atoms with E-state index in [4.69, 9.17) is 4.18 Å². The van der Waals surface area contributed by atoms with Crippen LogP contribution in [0.2, 0.25) is 0 Å². The summed E-state index contributed by atoms with van der Waals surface area (Å²) in [5.74, 6) is -0.464. The van der Waals surface area contributed by atoms with Crippen molar-refractivity contribution in [2.45, 2.75) is 88.9 Å². The molecule has 1 N–H and O–H groups in total. The summed E-state index contributed by atoms with van der Waals surface area (Å²) in [6, 6.07) is 6.21. The Morgan fingerprint density at radius 1 is 0.931 bits per heavy atom. The van der Waals surface area contributed by atoms with Crippen LogP contribution in [0.1, 0.15) is 84.0 Å². The van der Waals surface area contributed by atoms with E-state index in [1.165, 1.54) is 69.9 Å². The van der Waals surface area contributed by atoms with E-state index in [1.54, 1.807) is 12.1 Å². The lowest BCUT2D eigenvalue weighted by atomic mass is 10.1. The largest absolute Gasteiger partial charge is 0.321 e. The van der Waals surface area contributed by atoms with E-state index in [0.717, 1.165) is 18.9 Å². The average molecular weight is 424 g/mol. The van der Waals surface area contributed by atoms with Gasteiger partial charge in [-0.05, 0) is 24.6 Å². The number of para-hydroxylation sites is 1. The molecule has 6 heteroatoms. The monoisotopic (exact) mass is 423 g/mol. The van der Waals surface area contributed by atoms with Gasteiger partial charge in [-0.15, -0.1) is 0 Å². The summed E-state index contributed by atoms with van der Waals surface area (Å²) in [4.78, 5) is 11.4. The van der Waals surface area contributed by atoms with Crippen molar-refractivity contribution in [3.8, 4) is 0 Å². The maximum absolute atomic E-state index is 12.4. The summed E-state index contributed by atoms with van der Waals surface area (Å²) < 4.78 is 30.0. The number of anilines is 1. The molecule has 0 saturated carbocycles. The number of benzene rings is 1. The zero-order valence-electron chi connectivity index (χ0n) is 17.8. The number of carbonyl (C=O) groups is 1. The Hall–Kier alpha value is -1.66. The zero-order valence-corrected chi connectivity index (χ0v) is 18.6. The molecule has 1 aromatic rings. The van der Waals surface area contributed by atoms with Gasteiger partial charge in [0.05, 0.1) is 12.3 Å². The predicted molar refractivity (Wildman–Crippen MR) is 119 cm³/mol. The van der Waals surface area contributed by atoms with Crippen LogP contribution in [0.5, 0.6) is 0 Å². The van der Waals surface area contributed by atoms with Crippen molar-refractivity contribution in [1.82, 2.24) is 0 Å². The molecule has 0 saturated heterocycles. The Morgan fingerprint density at radius 2 is 1.45 bits per heavy atom. The SMILES string of the molecule is C=CC(=O)Nc1ccccc1S(=O)(=O)OCCCCCCCCCCCCCC. The molecular weight excluding hydrogens is 386 g/mol. The van der Waals surface area contributed by atoms with E-state index in [-0.39, 0.29) is 17.2 Å². The molecule has 0 atom stereocenters. The van der Waals surface area contributed by atoms with Crippen LogP contribution < -0.4 is 5.32 Å². The lowest BCUT2D eigenvalue weighted by Gasteiger charge is -2.11. The van der Waals surface area contributed by atoms with Crippen molar-refractivity contribution in [2.75, 3.05) is 11.9 Å². The molecule has 29 heavy (non-hydrogen) atoms. The summed E-state index contributed by atoms with van der Waals surface area (Å²) in [7, 11) is -3.91. The molecular formula is C23H37NO4S. The van der Waals surface area contributed by atoms with Crippen LogP contribution >= 0.6 is 0 Å². The summed E-state index contributed by atoms with van der Waals surface area (Å²) in [5.41, 5.74) is 0.201. The van der Waals surface area contributed by atoms with Crippen LogP contribution in [0.3, 0.4) is 0 Å². The summed E-state index contributed by atoms with van der Waals surface area (Å²) in [6.07, 6.45) is 15.7. The molecule has 0 aliphatic heterocycles. The van der Waals surface area contributed by atoms with Gasteiger partial charge in [0.15, 0.2) is 0 Å². The van der Waals surface area contributed by atoms with Crippen LogP contribution in [0.15, 0.2) is 41.8 Å². The highest BCUT2D eigenvalue weighted by molar-refractivity contribution is 7.87. The van der Waals surface area contributed by atoms with Gasteiger partial charge >= 0.3 is 0 Å². The molecule has 1 rings (SSSR count). The molecule has 1 aromatic carbocycles. The lowest BCUT2D eigenvalue weighted by Crippen LogP contribution is -2.14. The Morgan fingerprint density at radius 3 is 2.00 bits per heavy atom. The third-order valence-electron chi connectivity index (χ3n) is 4.84. The van der Waals surface area contributed by atoms with Crippen molar-refractivity contribution in [3.05, 3.63) is 36.9 Å². The second kappa shape index (κ2) is 15.2. The summed E-state index contributed by atoms with van der Waals surface area (Å²) >= 11 is 0. The van der Waals surface area contributed by atoms with Crippen LogP contribution in [-0.2, 0) is 19.1 Å². The van der Waals surface area contributed by atoms with Gasteiger partial charge in [-0.25, -0.2) is 0 Å². The van der Waals surface area contributed by atoms with Crippen LogP contribution in [0.25, 0.3) is 0 Å². The minimum Gasteiger partial charge on any atom is -0.321 e. The highest BCUT2D eigenvalue weighted by atomic mass is 32.2. The molecule has 0 unspecified atom stereocenters. The number of hydrogen-bond donors (Lipinski definition) is 1. The maximum atomic E-state index is 12.4. The molecule has 0 radical (unpaired) electrons. The fourth-order valence-corrected chi connectivity index (χ4v) is 4.24. The smallest absolute Gasteiger partial charge is 0.299 e. The van der Waals surface area contributed by atoms with Gasteiger partial charge in [0, 0.05) is 0 Å². The second-order valence-electron chi connectivity index (χ2n) is 7.35. The minimum absolute atomic E-state index is 0.0332. The highest BCUT2D eigenvalue weighted by Gasteiger charge is 2.19. The van der Waals surface area contributed by atoms with E-state index in [1.807, 2.05) is 0 Å². The van der Waals surface area contributed by atoms with Gasteiger partial charge in [-0.1, -0.05) is 96.3 Å². The number of unbranched alkanes of at least 4 members (excludes halogenated alkanes) is 11. The first kappa shape index (κ1) is 25.4. The minimum atomic E-state index is -3.91. The molecule has 1 amide bonds. The van der Waals surface area contributed by atoms with Crippen molar-refractivity contribution in [1.29, 1.82) is 0 Å². The fourth-order valence-electron chi connectivity index (χ4n) is 3.15. The van der Waals surface area contributed by atoms with Crippen molar-refractivity contribution >= 4 is 21.7 Å². The van der Waals surface area contributed by atoms with E-state index in [9.17, 15) is 13.2 Å². The molecule has 0 aliphatic carbocycles. The van der Waals surface area contributed by atoms with Crippen LogP contribution in [0, 0.1) is 0 Å². The summed E-state index contributed by atoms with van der Waals surface area (Å²) in [6.45, 7) is 5.77. The quantitative estimate of drug-likeness (QED) is 0.183. The summed E-state index contributed by atoms with van der Waals surface area (Å²) in [5, 5.41) is 2.50. The molecule has 0 aliphatic rings. The highest BCUT2D eigenvalue weighted by Crippen LogP contribution is 2.23. The number of amides is 1. The second-order valence-corrected chi connectivity index (χ2v) is 8.94. The maximum Gasteiger partial charge on any atom is 0.299 e. The van der Waals surface area contributed by atoms with E-state index in [2.05, 4.69) is 18.8 Å². The van der Waals surface area contributed by atoms with E-state index < -0.39 is 16.0 Å². The van der Waals surface area contributed by atoms with Gasteiger partial charge in [0.25, 0.3) is 10.1 Å². The normalized spacial score (nSPS) is 11.3. The Bertz CT molecular complexity index is 701. The number of carbonyl (C=O) groups excluding carboxylic acids is 1. The molecule has 164 valence electrons. The predicted octanol–water partition coefficient (Wildman–Crippen LogP) is 6.22. The van der Waals surface area contributed by atoms with Crippen molar-refractivity contribution in [2.24, 2.45) is 0 Å². The molecule has 5 nitrogen and oxygen atoms in total. The third-order valence-corrected chi connectivity index (χ3v) is 6.21. The molecule has 0 bridgehead atoms. The fraction of sp³-hybridized carbons (Fsp3) is 0.609. The Kier molecular flexibility index (Phi) is 13.3. The first-order valence-corrected chi connectivity index (χ1v) is 12.3. The molecule has 0 fully saturated rings. The van der Waals surface area contributed by atoms with Crippen LogP contribution in [-0.4, -0.2) is 20.9 Å². The first-order valence-electron chi connectivity index (χ1n) is 10.9. The Labute approximate surface area is 177 Å². The topological polar surface area (TPSA) is 72.5 Å². The van der Waals surface area contributed by atoms with E-state index >= 15 is 0 Å².